The Kier molecular flexibility index (Phi) is 3.83. The largest absolute Gasteiger partial charge is 0.297 e. The summed E-state index contributed by atoms with van der Waals surface area (Å²) >= 11 is 0. The normalized spacial score (nSPS) is 19.7. The minimum atomic E-state index is 0.789. The van der Waals surface area contributed by atoms with Crippen LogP contribution in [-0.4, -0.2) is 28.0 Å². The fourth-order valence-corrected chi connectivity index (χ4v) is 2.71. The van der Waals surface area contributed by atoms with Crippen molar-refractivity contribution in [3.63, 3.8) is 0 Å². The summed E-state index contributed by atoms with van der Waals surface area (Å²) in [5, 5.41) is 0. The first-order chi connectivity index (χ1) is 9.20. The van der Waals surface area contributed by atoms with Gasteiger partial charge in [0.05, 0.1) is 5.69 Å². The zero-order valence-electron chi connectivity index (χ0n) is 12.2. The maximum atomic E-state index is 4.82. The van der Waals surface area contributed by atoms with Crippen LogP contribution in [-0.2, 0) is 19.4 Å². The zero-order valence-corrected chi connectivity index (χ0v) is 12.2. The molecule has 3 heteroatoms. The van der Waals surface area contributed by atoms with E-state index in [1.165, 1.54) is 43.6 Å². The Morgan fingerprint density at radius 1 is 1.37 bits per heavy atom. The van der Waals surface area contributed by atoms with Gasteiger partial charge in [0.15, 0.2) is 0 Å². The highest BCUT2D eigenvalue weighted by molar-refractivity contribution is 5.20. The molecule has 0 amide bonds. The van der Waals surface area contributed by atoms with Crippen LogP contribution in [0.2, 0.25) is 0 Å². The molecule has 1 aliphatic carbocycles. The molecule has 0 saturated heterocycles. The second-order valence-corrected chi connectivity index (χ2v) is 6.61. The van der Waals surface area contributed by atoms with Crippen LogP contribution < -0.4 is 0 Å². The van der Waals surface area contributed by atoms with Gasteiger partial charge in [-0.15, -0.1) is 0 Å². The maximum Gasteiger partial charge on any atom is 0.128 e. The quantitative estimate of drug-likeness (QED) is 0.814. The molecule has 3 nitrogen and oxygen atoms in total. The summed E-state index contributed by atoms with van der Waals surface area (Å²) in [6, 6.07) is 0. The summed E-state index contributed by atoms with van der Waals surface area (Å²) in [4.78, 5) is 11.9. The lowest BCUT2D eigenvalue weighted by atomic mass is 10.0. The summed E-state index contributed by atoms with van der Waals surface area (Å²) in [6.45, 7) is 8.01. The average Bonchev–Trinajstić information content (AvgIpc) is 3.20. The second-order valence-electron chi connectivity index (χ2n) is 6.61. The van der Waals surface area contributed by atoms with Gasteiger partial charge in [0.2, 0.25) is 0 Å². The first-order valence-corrected chi connectivity index (χ1v) is 7.76. The van der Waals surface area contributed by atoms with Gasteiger partial charge in [-0.05, 0) is 49.6 Å². The van der Waals surface area contributed by atoms with Crippen LogP contribution in [0.1, 0.15) is 50.2 Å². The molecule has 0 bridgehead atoms. The van der Waals surface area contributed by atoms with E-state index in [1.807, 2.05) is 0 Å². The molecule has 1 fully saturated rings. The predicted molar refractivity (Wildman–Crippen MR) is 76.9 cm³/mol. The van der Waals surface area contributed by atoms with Gasteiger partial charge in [-0.1, -0.05) is 13.8 Å². The van der Waals surface area contributed by atoms with Crippen molar-refractivity contribution in [3.8, 4) is 0 Å². The third-order valence-electron chi connectivity index (χ3n) is 4.27. The molecule has 1 aromatic heterocycles. The second kappa shape index (κ2) is 5.58. The van der Waals surface area contributed by atoms with Crippen molar-refractivity contribution < 1.29 is 0 Å². The van der Waals surface area contributed by atoms with Gasteiger partial charge in [-0.3, -0.25) is 4.90 Å². The highest BCUT2D eigenvalue weighted by atomic mass is 15.1. The van der Waals surface area contributed by atoms with E-state index < -0.39 is 0 Å². The van der Waals surface area contributed by atoms with Crippen LogP contribution in [0.15, 0.2) is 6.20 Å². The van der Waals surface area contributed by atoms with Gasteiger partial charge >= 0.3 is 0 Å². The molecule has 1 aromatic rings. The fraction of sp³-hybridized carbons (Fsp3) is 0.750. The smallest absolute Gasteiger partial charge is 0.128 e. The summed E-state index contributed by atoms with van der Waals surface area (Å²) < 4.78 is 0. The van der Waals surface area contributed by atoms with Crippen molar-refractivity contribution in [2.24, 2.45) is 11.8 Å². The minimum absolute atomic E-state index is 0.789. The van der Waals surface area contributed by atoms with Crippen LogP contribution >= 0.6 is 0 Å². The zero-order chi connectivity index (χ0) is 13.2. The number of hydrogen-bond donors (Lipinski definition) is 0. The van der Waals surface area contributed by atoms with E-state index in [-0.39, 0.29) is 0 Å². The number of hydrogen-bond acceptors (Lipinski definition) is 3. The third kappa shape index (κ3) is 3.53. The van der Waals surface area contributed by atoms with Crippen molar-refractivity contribution in [2.75, 3.05) is 13.1 Å². The Labute approximate surface area is 116 Å². The molecule has 3 rings (SSSR count). The summed E-state index contributed by atoms with van der Waals surface area (Å²) in [5.41, 5.74) is 2.67. The van der Waals surface area contributed by atoms with Gasteiger partial charge in [-0.25, -0.2) is 9.97 Å². The molecular weight excluding hydrogens is 234 g/mol. The monoisotopic (exact) mass is 259 g/mol. The average molecular weight is 259 g/mol. The lowest BCUT2D eigenvalue weighted by molar-refractivity contribution is 0.235. The topological polar surface area (TPSA) is 29.0 Å². The lowest BCUT2D eigenvalue weighted by Gasteiger charge is -2.28. The number of nitrogens with zero attached hydrogens (tertiary/aromatic N) is 3. The van der Waals surface area contributed by atoms with Crippen molar-refractivity contribution in [1.29, 1.82) is 0 Å². The Morgan fingerprint density at radius 2 is 2.21 bits per heavy atom. The number of rotatable bonds is 5. The van der Waals surface area contributed by atoms with E-state index in [1.54, 1.807) is 0 Å². The molecule has 104 valence electrons. The van der Waals surface area contributed by atoms with Crippen molar-refractivity contribution in [3.05, 3.63) is 23.3 Å². The maximum absolute atomic E-state index is 4.82. The standard InChI is InChI=1S/C16H25N3/c1-12(2)5-7-19-8-6-14-10-17-16(9-13-3-4-13)18-15(14)11-19/h10,12-13H,3-9,11H2,1-2H3. The van der Waals surface area contributed by atoms with Crippen molar-refractivity contribution in [2.45, 2.75) is 52.5 Å². The van der Waals surface area contributed by atoms with E-state index >= 15 is 0 Å². The molecule has 0 radical (unpaired) electrons. The van der Waals surface area contributed by atoms with Gasteiger partial charge in [0.1, 0.15) is 5.82 Å². The summed E-state index contributed by atoms with van der Waals surface area (Å²) in [7, 11) is 0. The van der Waals surface area contributed by atoms with Crippen LogP contribution in [0.5, 0.6) is 0 Å². The molecule has 0 N–H and O–H groups in total. The van der Waals surface area contributed by atoms with Gasteiger partial charge in [-0.2, -0.15) is 0 Å². The van der Waals surface area contributed by atoms with Crippen molar-refractivity contribution >= 4 is 0 Å². The molecule has 0 atom stereocenters. The SMILES string of the molecule is CC(C)CCN1CCc2cnc(CC3CC3)nc2C1. The van der Waals surface area contributed by atoms with E-state index in [0.717, 1.165) is 37.0 Å². The highest BCUT2D eigenvalue weighted by Crippen LogP contribution is 2.31. The van der Waals surface area contributed by atoms with Gasteiger partial charge in [0, 0.05) is 25.7 Å². The predicted octanol–water partition coefficient (Wildman–Crippen LogP) is 2.83. The molecule has 19 heavy (non-hydrogen) atoms. The summed E-state index contributed by atoms with van der Waals surface area (Å²) in [5.74, 6) is 2.74. The Bertz CT molecular complexity index is 438. The first kappa shape index (κ1) is 13.0. The van der Waals surface area contributed by atoms with E-state index in [0.29, 0.717) is 0 Å². The molecule has 2 heterocycles. The molecule has 0 unspecified atom stereocenters. The van der Waals surface area contributed by atoms with E-state index in [4.69, 9.17) is 4.98 Å². The Balaban J connectivity index is 1.64. The molecule has 0 spiro atoms. The van der Waals surface area contributed by atoms with Crippen molar-refractivity contribution in [1.82, 2.24) is 14.9 Å². The van der Waals surface area contributed by atoms with E-state index in [9.17, 15) is 0 Å². The van der Waals surface area contributed by atoms with Gasteiger partial charge in [0.25, 0.3) is 0 Å². The first-order valence-electron chi connectivity index (χ1n) is 7.76. The molecular formula is C16H25N3. The molecule has 0 aromatic carbocycles. The summed E-state index contributed by atoms with van der Waals surface area (Å²) in [6.07, 6.45) is 8.34. The Morgan fingerprint density at radius 3 is 2.95 bits per heavy atom. The number of fused-ring (bicyclic) bond motifs is 1. The van der Waals surface area contributed by atoms with Crippen LogP contribution in [0.3, 0.4) is 0 Å². The van der Waals surface area contributed by atoms with E-state index in [2.05, 4.69) is 29.9 Å². The highest BCUT2D eigenvalue weighted by Gasteiger charge is 2.24. The molecule has 1 saturated carbocycles. The minimum Gasteiger partial charge on any atom is -0.297 e. The fourth-order valence-electron chi connectivity index (χ4n) is 2.71. The van der Waals surface area contributed by atoms with Crippen LogP contribution in [0.25, 0.3) is 0 Å². The molecule has 1 aliphatic heterocycles. The lowest BCUT2D eigenvalue weighted by Crippen LogP contribution is -2.33. The van der Waals surface area contributed by atoms with Gasteiger partial charge < -0.3 is 0 Å². The number of aromatic nitrogens is 2. The molecule has 2 aliphatic rings. The van der Waals surface area contributed by atoms with Crippen LogP contribution in [0, 0.1) is 11.8 Å². The van der Waals surface area contributed by atoms with Crippen LogP contribution in [0.4, 0.5) is 0 Å². The Hall–Kier alpha value is -0.960. The third-order valence-corrected chi connectivity index (χ3v) is 4.27.